The minimum absolute atomic E-state index is 0.0885. The minimum atomic E-state index is -0.446. The molecule has 1 unspecified atom stereocenters. The minimum Gasteiger partial charge on any atom is -0.465 e. The third kappa shape index (κ3) is 3.55. The maximum absolute atomic E-state index is 12.8. The highest BCUT2D eigenvalue weighted by molar-refractivity contribution is 5.75. The van der Waals surface area contributed by atoms with Gasteiger partial charge in [-0.3, -0.25) is 18.7 Å². The molecule has 1 aliphatic heterocycles. The fourth-order valence-electron chi connectivity index (χ4n) is 3.85. The summed E-state index contributed by atoms with van der Waals surface area (Å²) in [5.41, 5.74) is -0.297. The van der Waals surface area contributed by atoms with Crippen LogP contribution in [-0.4, -0.2) is 43.8 Å². The van der Waals surface area contributed by atoms with Crippen LogP contribution in [-0.2, 0) is 36.7 Å². The topological polar surface area (TPSA) is 92.6 Å². The highest BCUT2D eigenvalue weighted by atomic mass is 16.5. The second-order valence-electron chi connectivity index (χ2n) is 7.28. The van der Waals surface area contributed by atoms with Gasteiger partial charge >= 0.3 is 11.7 Å². The first-order valence-corrected chi connectivity index (χ1v) is 9.50. The Bertz CT molecular complexity index is 971. The fourth-order valence-corrected chi connectivity index (χ4v) is 3.85. The number of rotatable bonds is 5. The van der Waals surface area contributed by atoms with Gasteiger partial charge < -0.3 is 14.2 Å². The SMILES string of the molecule is CCOC(=O)Cn1c(C[NH+]2CCCC[C@H]2C)nc2c1c(=O)n(C)c(=O)n2C. The van der Waals surface area contributed by atoms with E-state index in [-0.39, 0.29) is 18.7 Å². The first kappa shape index (κ1) is 19.3. The molecule has 9 nitrogen and oxygen atoms in total. The molecule has 1 N–H and O–H groups in total. The van der Waals surface area contributed by atoms with Crippen LogP contribution in [0.1, 0.15) is 38.9 Å². The molecular formula is C18H28N5O4+. The van der Waals surface area contributed by atoms with E-state index in [1.807, 2.05) is 0 Å². The molecule has 0 amide bonds. The number of aryl methyl sites for hydroxylation is 1. The maximum atomic E-state index is 12.8. The molecule has 0 radical (unpaired) electrons. The van der Waals surface area contributed by atoms with Crippen LogP contribution in [0, 0.1) is 0 Å². The molecule has 0 bridgehead atoms. The molecule has 2 aromatic rings. The number of quaternary nitrogens is 1. The number of nitrogens with zero attached hydrogens (tertiary/aromatic N) is 4. The van der Waals surface area contributed by atoms with E-state index in [1.165, 1.54) is 22.9 Å². The maximum Gasteiger partial charge on any atom is 0.332 e. The van der Waals surface area contributed by atoms with Gasteiger partial charge in [-0.15, -0.1) is 0 Å². The molecule has 27 heavy (non-hydrogen) atoms. The number of hydrogen-bond donors (Lipinski definition) is 1. The number of carbonyl (C=O) groups is 1. The summed E-state index contributed by atoms with van der Waals surface area (Å²) >= 11 is 0. The van der Waals surface area contributed by atoms with Crippen LogP contribution >= 0.6 is 0 Å². The summed E-state index contributed by atoms with van der Waals surface area (Å²) in [5, 5.41) is 0. The Morgan fingerprint density at radius 2 is 2.00 bits per heavy atom. The van der Waals surface area contributed by atoms with Crippen molar-refractivity contribution >= 4 is 17.1 Å². The second kappa shape index (κ2) is 7.67. The molecule has 148 valence electrons. The Morgan fingerprint density at radius 1 is 1.26 bits per heavy atom. The Morgan fingerprint density at radius 3 is 2.67 bits per heavy atom. The average molecular weight is 378 g/mol. The number of esters is 1. The molecule has 0 spiro atoms. The Labute approximate surface area is 157 Å². The molecule has 0 saturated carbocycles. The van der Waals surface area contributed by atoms with Crippen molar-refractivity contribution in [2.24, 2.45) is 14.1 Å². The van der Waals surface area contributed by atoms with Crippen molar-refractivity contribution in [2.45, 2.75) is 52.2 Å². The van der Waals surface area contributed by atoms with Crippen molar-refractivity contribution in [3.05, 3.63) is 26.7 Å². The number of imidazole rings is 1. The van der Waals surface area contributed by atoms with E-state index in [9.17, 15) is 14.4 Å². The number of nitrogens with one attached hydrogen (secondary N) is 1. The first-order valence-electron chi connectivity index (χ1n) is 9.50. The summed E-state index contributed by atoms with van der Waals surface area (Å²) in [7, 11) is 3.02. The molecule has 0 aliphatic carbocycles. The fraction of sp³-hybridized carbons (Fsp3) is 0.667. The van der Waals surface area contributed by atoms with Crippen molar-refractivity contribution in [2.75, 3.05) is 13.2 Å². The molecule has 2 aromatic heterocycles. The third-order valence-corrected chi connectivity index (χ3v) is 5.49. The van der Waals surface area contributed by atoms with Gasteiger partial charge in [-0.1, -0.05) is 0 Å². The largest absolute Gasteiger partial charge is 0.465 e. The van der Waals surface area contributed by atoms with Crippen LogP contribution in [0.5, 0.6) is 0 Å². The van der Waals surface area contributed by atoms with Crippen molar-refractivity contribution in [1.29, 1.82) is 0 Å². The molecule has 1 saturated heterocycles. The van der Waals surface area contributed by atoms with Gasteiger partial charge in [0.1, 0.15) is 13.1 Å². The van der Waals surface area contributed by atoms with Crippen LogP contribution in [0.2, 0.25) is 0 Å². The molecule has 9 heteroatoms. The van der Waals surface area contributed by atoms with Crippen LogP contribution in [0.4, 0.5) is 0 Å². The van der Waals surface area contributed by atoms with Gasteiger partial charge in [0, 0.05) is 14.1 Å². The number of hydrogen-bond acceptors (Lipinski definition) is 5. The average Bonchev–Trinajstić information content (AvgIpc) is 2.98. The lowest BCUT2D eigenvalue weighted by Gasteiger charge is -2.29. The lowest BCUT2D eigenvalue weighted by atomic mass is 10.0. The smallest absolute Gasteiger partial charge is 0.332 e. The van der Waals surface area contributed by atoms with E-state index in [2.05, 4.69) is 11.9 Å². The van der Waals surface area contributed by atoms with E-state index in [4.69, 9.17) is 4.74 Å². The standard InChI is InChI=1S/C18H27N5O4/c1-5-27-14(24)11-23-13(10-22-9-7-6-8-12(22)2)19-16-15(23)17(25)21(4)18(26)20(16)3/h12H,5-11H2,1-4H3/p+1/t12-/m1/s1. The van der Waals surface area contributed by atoms with Crippen molar-refractivity contribution in [3.63, 3.8) is 0 Å². The second-order valence-corrected chi connectivity index (χ2v) is 7.28. The van der Waals surface area contributed by atoms with Gasteiger partial charge in [0.2, 0.25) is 0 Å². The lowest BCUT2D eigenvalue weighted by molar-refractivity contribution is -0.942. The zero-order valence-corrected chi connectivity index (χ0v) is 16.4. The van der Waals surface area contributed by atoms with E-state index in [0.717, 1.165) is 24.0 Å². The van der Waals surface area contributed by atoms with Gasteiger partial charge in [-0.25, -0.2) is 9.78 Å². The predicted molar refractivity (Wildman–Crippen MR) is 99.7 cm³/mol. The number of aromatic nitrogens is 4. The van der Waals surface area contributed by atoms with E-state index in [1.54, 1.807) is 18.5 Å². The summed E-state index contributed by atoms with van der Waals surface area (Å²) < 4.78 is 9.12. The zero-order valence-electron chi connectivity index (χ0n) is 16.4. The van der Waals surface area contributed by atoms with E-state index < -0.39 is 17.2 Å². The predicted octanol–water partition coefficient (Wildman–Crippen LogP) is -1.05. The Balaban J connectivity index is 2.14. The van der Waals surface area contributed by atoms with Crippen molar-refractivity contribution in [1.82, 2.24) is 18.7 Å². The number of ether oxygens (including phenoxy) is 1. The highest BCUT2D eigenvalue weighted by Crippen LogP contribution is 2.12. The van der Waals surface area contributed by atoms with Crippen LogP contribution in [0.3, 0.4) is 0 Å². The van der Waals surface area contributed by atoms with Crippen molar-refractivity contribution < 1.29 is 14.4 Å². The van der Waals surface area contributed by atoms with Crippen LogP contribution in [0.15, 0.2) is 9.59 Å². The van der Waals surface area contributed by atoms with E-state index >= 15 is 0 Å². The monoisotopic (exact) mass is 378 g/mol. The molecule has 1 fully saturated rings. The van der Waals surface area contributed by atoms with E-state index in [0.29, 0.717) is 24.1 Å². The number of fused-ring (bicyclic) bond motifs is 1. The summed E-state index contributed by atoms with van der Waals surface area (Å²) in [6.45, 7) is 5.77. The molecule has 3 rings (SSSR count). The highest BCUT2D eigenvalue weighted by Gasteiger charge is 2.27. The third-order valence-electron chi connectivity index (χ3n) is 5.49. The quantitative estimate of drug-likeness (QED) is 0.671. The molecule has 3 heterocycles. The van der Waals surface area contributed by atoms with Crippen LogP contribution < -0.4 is 16.1 Å². The van der Waals surface area contributed by atoms with Gasteiger partial charge in [0.05, 0.1) is 19.2 Å². The van der Waals surface area contributed by atoms with Gasteiger partial charge in [0.25, 0.3) is 5.56 Å². The molecule has 0 aromatic carbocycles. The molecule has 1 aliphatic rings. The van der Waals surface area contributed by atoms with Crippen molar-refractivity contribution in [3.8, 4) is 0 Å². The van der Waals surface area contributed by atoms with Gasteiger partial charge in [-0.2, -0.15) is 0 Å². The summed E-state index contributed by atoms with van der Waals surface area (Å²) in [6, 6.07) is 0.487. The summed E-state index contributed by atoms with van der Waals surface area (Å²) in [6.07, 6.45) is 3.52. The lowest BCUT2D eigenvalue weighted by Crippen LogP contribution is -3.15. The first-order chi connectivity index (χ1) is 12.8. The zero-order chi connectivity index (χ0) is 19.7. The van der Waals surface area contributed by atoms with Gasteiger partial charge in [-0.05, 0) is 33.1 Å². The Hall–Kier alpha value is -2.42. The summed E-state index contributed by atoms with van der Waals surface area (Å²) in [4.78, 5) is 43.2. The number of carbonyl (C=O) groups excluding carboxylic acids is 1. The molecule has 2 atom stereocenters. The normalized spacial score (nSPS) is 20.1. The Kier molecular flexibility index (Phi) is 5.50. The number of piperidine rings is 1. The van der Waals surface area contributed by atoms with Crippen LogP contribution in [0.25, 0.3) is 11.2 Å². The number of likely N-dealkylation sites (tertiary alicyclic amines) is 1. The summed E-state index contributed by atoms with van der Waals surface area (Å²) in [5.74, 6) is 0.218. The molecular weight excluding hydrogens is 350 g/mol. The van der Waals surface area contributed by atoms with Gasteiger partial charge in [0.15, 0.2) is 17.0 Å².